The van der Waals surface area contributed by atoms with Gasteiger partial charge in [0.2, 0.25) is 17.2 Å². The number of hydrogen-bond acceptors (Lipinski definition) is 5. The number of methoxy groups -OCH3 is 1. The molecule has 3 aromatic rings. The van der Waals surface area contributed by atoms with Gasteiger partial charge in [-0.1, -0.05) is 12.8 Å². The number of furan rings is 1. The van der Waals surface area contributed by atoms with Crippen LogP contribution in [0.2, 0.25) is 0 Å². The van der Waals surface area contributed by atoms with Gasteiger partial charge in [0.25, 0.3) is 5.56 Å². The summed E-state index contributed by atoms with van der Waals surface area (Å²) in [6.07, 6.45) is 6.02. The summed E-state index contributed by atoms with van der Waals surface area (Å²) in [4.78, 5) is 21.5. The lowest BCUT2D eigenvalue weighted by atomic mass is 10.2. The van der Waals surface area contributed by atoms with Gasteiger partial charge in [-0.3, -0.25) is 9.36 Å². The number of hydrogen-bond donors (Lipinski definition) is 0. The molecule has 0 amide bonds. The van der Waals surface area contributed by atoms with Crippen LogP contribution in [-0.4, -0.2) is 21.6 Å². The third-order valence-corrected chi connectivity index (χ3v) is 4.48. The van der Waals surface area contributed by atoms with Crippen molar-refractivity contribution >= 4 is 22.2 Å². The molecule has 0 atom stereocenters. The maximum absolute atomic E-state index is 12.7. The number of nitrogens with zero attached hydrogens (tertiary/aromatic N) is 3. The Hall–Kier alpha value is -2.37. The summed E-state index contributed by atoms with van der Waals surface area (Å²) >= 11 is 0. The first-order valence-electron chi connectivity index (χ1n) is 7.54. The number of fused-ring (bicyclic) bond motifs is 3. The molecular formula is C16H17N3O3. The highest BCUT2D eigenvalue weighted by atomic mass is 16.5. The third-order valence-electron chi connectivity index (χ3n) is 4.48. The summed E-state index contributed by atoms with van der Waals surface area (Å²) in [6.45, 7) is 1.94. The van der Waals surface area contributed by atoms with Gasteiger partial charge >= 0.3 is 0 Å². The first kappa shape index (κ1) is 13.3. The van der Waals surface area contributed by atoms with Gasteiger partial charge in [0.15, 0.2) is 0 Å². The van der Waals surface area contributed by atoms with Crippen molar-refractivity contribution in [3.8, 4) is 5.88 Å². The summed E-state index contributed by atoms with van der Waals surface area (Å²) in [5.74, 6) is 0.472. The second kappa shape index (κ2) is 4.83. The molecule has 22 heavy (non-hydrogen) atoms. The van der Waals surface area contributed by atoms with Crippen molar-refractivity contribution in [2.75, 3.05) is 7.11 Å². The molecular weight excluding hydrogens is 282 g/mol. The molecule has 0 aliphatic heterocycles. The maximum Gasteiger partial charge on any atom is 0.297 e. The Balaban J connectivity index is 2.01. The molecule has 6 nitrogen and oxygen atoms in total. The van der Waals surface area contributed by atoms with Crippen LogP contribution in [0.15, 0.2) is 21.6 Å². The molecule has 0 radical (unpaired) electrons. The molecule has 0 bridgehead atoms. The van der Waals surface area contributed by atoms with E-state index in [9.17, 15) is 4.79 Å². The van der Waals surface area contributed by atoms with Crippen molar-refractivity contribution in [3.63, 3.8) is 0 Å². The van der Waals surface area contributed by atoms with Gasteiger partial charge in [0, 0.05) is 12.1 Å². The number of pyridine rings is 1. The molecule has 0 aromatic carbocycles. The predicted molar refractivity (Wildman–Crippen MR) is 82.4 cm³/mol. The van der Waals surface area contributed by atoms with Gasteiger partial charge in [-0.25, -0.2) is 4.98 Å². The lowest BCUT2D eigenvalue weighted by Gasteiger charge is -2.11. The van der Waals surface area contributed by atoms with Gasteiger partial charge in [-0.05, 0) is 25.3 Å². The van der Waals surface area contributed by atoms with Crippen LogP contribution >= 0.6 is 0 Å². The van der Waals surface area contributed by atoms with E-state index in [0.717, 1.165) is 36.6 Å². The highest BCUT2D eigenvalue weighted by molar-refractivity contribution is 6.02. The molecule has 4 rings (SSSR count). The highest BCUT2D eigenvalue weighted by Crippen LogP contribution is 2.31. The second-order valence-corrected chi connectivity index (χ2v) is 5.84. The van der Waals surface area contributed by atoms with Crippen molar-refractivity contribution in [2.24, 2.45) is 0 Å². The number of rotatable bonds is 2. The van der Waals surface area contributed by atoms with Crippen LogP contribution in [0.3, 0.4) is 0 Å². The van der Waals surface area contributed by atoms with Crippen LogP contribution in [0.25, 0.3) is 22.2 Å². The first-order valence-corrected chi connectivity index (χ1v) is 7.54. The molecule has 1 aliphatic rings. The topological polar surface area (TPSA) is 70.2 Å². The minimum atomic E-state index is -0.117. The molecule has 3 heterocycles. The van der Waals surface area contributed by atoms with E-state index in [4.69, 9.17) is 9.15 Å². The van der Waals surface area contributed by atoms with Crippen LogP contribution in [0.1, 0.15) is 37.3 Å². The zero-order chi connectivity index (χ0) is 15.3. The smallest absolute Gasteiger partial charge is 0.297 e. The predicted octanol–water partition coefficient (Wildman–Crippen LogP) is 2.97. The molecule has 0 spiro atoms. The van der Waals surface area contributed by atoms with Crippen molar-refractivity contribution in [1.29, 1.82) is 0 Å². The monoisotopic (exact) mass is 299 g/mol. The standard InChI is InChI=1S/C16H17N3O3/c1-9-7-11(21-2)18-15-12(9)13-14(22-15)16(20)19(8-17-13)10-5-3-4-6-10/h7-8,10H,3-6H2,1-2H3. The van der Waals surface area contributed by atoms with E-state index >= 15 is 0 Å². The Bertz CT molecular complexity index is 920. The molecule has 1 fully saturated rings. The molecule has 0 unspecified atom stereocenters. The van der Waals surface area contributed by atoms with E-state index in [1.54, 1.807) is 18.0 Å². The van der Waals surface area contributed by atoms with Crippen molar-refractivity contribution in [3.05, 3.63) is 28.3 Å². The van der Waals surface area contributed by atoms with Crippen molar-refractivity contribution < 1.29 is 9.15 Å². The molecule has 114 valence electrons. The number of aryl methyl sites for hydroxylation is 1. The van der Waals surface area contributed by atoms with Gasteiger partial charge in [-0.2, -0.15) is 4.98 Å². The van der Waals surface area contributed by atoms with Crippen molar-refractivity contribution in [1.82, 2.24) is 14.5 Å². The Labute approximate surface area is 126 Å². The summed E-state index contributed by atoms with van der Waals surface area (Å²) in [5, 5.41) is 0.784. The van der Waals surface area contributed by atoms with Gasteiger partial charge in [0.1, 0.15) is 5.52 Å². The largest absolute Gasteiger partial charge is 0.481 e. The second-order valence-electron chi connectivity index (χ2n) is 5.84. The summed E-state index contributed by atoms with van der Waals surface area (Å²) < 4.78 is 12.6. The lowest BCUT2D eigenvalue weighted by Crippen LogP contribution is -2.23. The first-order chi connectivity index (χ1) is 10.7. The fourth-order valence-electron chi connectivity index (χ4n) is 3.34. The van der Waals surface area contributed by atoms with Crippen LogP contribution < -0.4 is 10.3 Å². The quantitative estimate of drug-likeness (QED) is 0.727. The van der Waals surface area contributed by atoms with E-state index < -0.39 is 0 Å². The fourth-order valence-corrected chi connectivity index (χ4v) is 3.34. The SMILES string of the molecule is COc1cc(C)c2c(n1)oc1c(=O)n(C3CCCC3)cnc12. The number of ether oxygens (including phenoxy) is 1. The number of aromatic nitrogens is 3. The van der Waals surface area contributed by atoms with E-state index in [-0.39, 0.29) is 17.2 Å². The molecule has 6 heteroatoms. The minimum absolute atomic E-state index is 0.117. The van der Waals surface area contributed by atoms with Crippen molar-refractivity contribution in [2.45, 2.75) is 38.6 Å². The van der Waals surface area contributed by atoms with E-state index in [1.807, 2.05) is 13.0 Å². The lowest BCUT2D eigenvalue weighted by molar-refractivity contribution is 0.397. The molecule has 3 aromatic heterocycles. The Morgan fingerprint density at radius 2 is 2.14 bits per heavy atom. The van der Waals surface area contributed by atoms with E-state index in [2.05, 4.69) is 9.97 Å². The zero-order valence-electron chi connectivity index (χ0n) is 12.6. The van der Waals surface area contributed by atoms with Gasteiger partial charge < -0.3 is 9.15 Å². The van der Waals surface area contributed by atoms with E-state index in [0.29, 0.717) is 17.1 Å². The molecule has 0 saturated heterocycles. The molecule has 0 N–H and O–H groups in total. The average molecular weight is 299 g/mol. The minimum Gasteiger partial charge on any atom is -0.481 e. The summed E-state index contributed by atoms with van der Waals surface area (Å²) in [5.41, 5.74) is 2.09. The normalized spacial score (nSPS) is 15.9. The molecule has 1 saturated carbocycles. The van der Waals surface area contributed by atoms with Crippen LogP contribution in [0.5, 0.6) is 5.88 Å². The fraction of sp³-hybridized carbons (Fsp3) is 0.438. The zero-order valence-corrected chi connectivity index (χ0v) is 12.6. The van der Waals surface area contributed by atoms with Crippen LogP contribution in [-0.2, 0) is 0 Å². The molecule has 1 aliphatic carbocycles. The maximum atomic E-state index is 12.7. The third kappa shape index (κ3) is 1.83. The Morgan fingerprint density at radius 1 is 1.36 bits per heavy atom. The Morgan fingerprint density at radius 3 is 2.86 bits per heavy atom. The van der Waals surface area contributed by atoms with Crippen LogP contribution in [0, 0.1) is 6.92 Å². The van der Waals surface area contributed by atoms with Gasteiger partial charge in [0.05, 0.1) is 18.8 Å². The highest BCUT2D eigenvalue weighted by Gasteiger charge is 2.22. The summed E-state index contributed by atoms with van der Waals surface area (Å²) in [7, 11) is 1.56. The van der Waals surface area contributed by atoms with Crippen LogP contribution in [0.4, 0.5) is 0 Å². The van der Waals surface area contributed by atoms with Gasteiger partial charge in [-0.15, -0.1) is 0 Å². The van der Waals surface area contributed by atoms with E-state index in [1.165, 1.54) is 0 Å². The average Bonchev–Trinajstić information content (AvgIpc) is 3.15. The summed E-state index contributed by atoms with van der Waals surface area (Å²) in [6, 6.07) is 2.06. The Kier molecular flexibility index (Phi) is 2.92.